The number of methoxy groups -OCH3 is 1. The molecular formula is C21H24ClN3O3. The first-order valence-corrected chi connectivity index (χ1v) is 9.61. The van der Waals surface area contributed by atoms with Crippen molar-refractivity contribution >= 4 is 23.3 Å². The molecule has 1 fully saturated rings. The Bertz CT molecular complexity index is 851. The van der Waals surface area contributed by atoms with Gasteiger partial charge in [0.2, 0.25) is 0 Å². The maximum atomic E-state index is 12.7. The number of benzene rings is 2. The van der Waals surface area contributed by atoms with Crippen molar-refractivity contribution < 1.29 is 14.3 Å². The van der Waals surface area contributed by atoms with Crippen LogP contribution in [0.4, 0.5) is 0 Å². The van der Waals surface area contributed by atoms with E-state index >= 15 is 0 Å². The Balaban J connectivity index is 1.68. The molecule has 3 rings (SSSR count). The van der Waals surface area contributed by atoms with Crippen LogP contribution in [0, 0.1) is 5.41 Å². The van der Waals surface area contributed by atoms with Crippen LogP contribution in [0.3, 0.4) is 0 Å². The van der Waals surface area contributed by atoms with Crippen molar-refractivity contribution in [1.29, 1.82) is 5.41 Å². The second-order valence-corrected chi connectivity index (χ2v) is 7.11. The molecule has 148 valence electrons. The third kappa shape index (κ3) is 5.47. The fourth-order valence-corrected chi connectivity index (χ4v) is 3.27. The molecule has 0 spiro atoms. The summed E-state index contributed by atoms with van der Waals surface area (Å²) in [4.78, 5) is 12.7. The number of piperidine rings is 1. The fourth-order valence-electron chi connectivity index (χ4n) is 3.11. The number of hydrogen-bond acceptors (Lipinski definition) is 5. The first-order chi connectivity index (χ1) is 13.5. The number of amidine groups is 1. The van der Waals surface area contributed by atoms with Crippen LogP contribution in [0.25, 0.3) is 0 Å². The predicted molar refractivity (Wildman–Crippen MR) is 110 cm³/mol. The predicted octanol–water partition coefficient (Wildman–Crippen LogP) is 3.43. The lowest BCUT2D eigenvalue weighted by molar-refractivity contribution is 0.0965. The largest absolute Gasteiger partial charge is 0.497 e. The van der Waals surface area contributed by atoms with Gasteiger partial charge in [-0.15, -0.1) is 0 Å². The zero-order valence-corrected chi connectivity index (χ0v) is 16.5. The van der Waals surface area contributed by atoms with Crippen molar-refractivity contribution in [2.75, 3.05) is 20.2 Å². The summed E-state index contributed by atoms with van der Waals surface area (Å²) >= 11 is 6.10. The van der Waals surface area contributed by atoms with Crippen molar-refractivity contribution in [3.8, 4) is 11.5 Å². The minimum atomic E-state index is -0.381. The van der Waals surface area contributed by atoms with E-state index in [-0.39, 0.29) is 17.8 Å². The molecule has 1 saturated heterocycles. The van der Waals surface area contributed by atoms with Gasteiger partial charge in [0.1, 0.15) is 23.4 Å². The third-order valence-corrected chi connectivity index (χ3v) is 4.78. The van der Waals surface area contributed by atoms with Crippen molar-refractivity contribution in [3.63, 3.8) is 0 Å². The van der Waals surface area contributed by atoms with Crippen LogP contribution >= 0.6 is 11.6 Å². The van der Waals surface area contributed by atoms with E-state index in [1.807, 2.05) is 24.3 Å². The second-order valence-electron chi connectivity index (χ2n) is 6.67. The quantitative estimate of drug-likeness (QED) is 0.511. The van der Waals surface area contributed by atoms with Gasteiger partial charge in [-0.3, -0.25) is 10.2 Å². The Morgan fingerprint density at radius 2 is 2.04 bits per heavy atom. The second kappa shape index (κ2) is 9.57. The summed E-state index contributed by atoms with van der Waals surface area (Å²) in [6.07, 6.45) is 2.09. The Morgan fingerprint density at radius 3 is 2.79 bits per heavy atom. The number of amides is 1. The molecule has 2 aromatic rings. The topological polar surface area (TPSA) is 83.4 Å². The van der Waals surface area contributed by atoms with Gasteiger partial charge in [0, 0.05) is 11.4 Å². The Morgan fingerprint density at radius 1 is 1.25 bits per heavy atom. The molecular weight excluding hydrogens is 378 g/mol. The summed E-state index contributed by atoms with van der Waals surface area (Å²) in [5.74, 6) is 0.882. The van der Waals surface area contributed by atoms with Gasteiger partial charge in [-0.25, -0.2) is 0 Å². The molecule has 1 aliphatic rings. The minimum Gasteiger partial charge on any atom is -0.497 e. The van der Waals surface area contributed by atoms with Gasteiger partial charge in [0.15, 0.2) is 0 Å². The summed E-state index contributed by atoms with van der Waals surface area (Å²) in [5, 5.41) is 14.6. The van der Waals surface area contributed by atoms with Gasteiger partial charge >= 0.3 is 0 Å². The van der Waals surface area contributed by atoms with Crippen LogP contribution in [-0.2, 0) is 6.42 Å². The minimum absolute atomic E-state index is 0.0440. The Labute approximate surface area is 169 Å². The zero-order chi connectivity index (χ0) is 19.9. The van der Waals surface area contributed by atoms with Crippen LogP contribution in [0.2, 0.25) is 5.02 Å². The van der Waals surface area contributed by atoms with Crippen molar-refractivity contribution in [3.05, 3.63) is 58.6 Å². The normalized spacial score (nSPS) is 14.4. The van der Waals surface area contributed by atoms with Crippen LogP contribution in [-0.4, -0.2) is 38.0 Å². The van der Waals surface area contributed by atoms with E-state index in [2.05, 4.69) is 10.6 Å². The third-order valence-electron chi connectivity index (χ3n) is 4.55. The highest BCUT2D eigenvalue weighted by molar-refractivity contribution is 6.31. The number of carbonyl (C=O) groups excluding carboxylic acids is 1. The van der Waals surface area contributed by atoms with E-state index in [0.29, 0.717) is 28.5 Å². The maximum absolute atomic E-state index is 12.7. The molecule has 0 bridgehead atoms. The van der Waals surface area contributed by atoms with Crippen molar-refractivity contribution in [1.82, 2.24) is 10.6 Å². The molecule has 6 nitrogen and oxygen atoms in total. The number of hydrogen-bond donors (Lipinski definition) is 3. The van der Waals surface area contributed by atoms with E-state index in [0.717, 1.165) is 31.5 Å². The molecule has 0 saturated carbocycles. The molecule has 2 aromatic carbocycles. The summed E-state index contributed by atoms with van der Waals surface area (Å²) in [7, 11) is 1.59. The monoisotopic (exact) mass is 401 g/mol. The summed E-state index contributed by atoms with van der Waals surface area (Å²) in [6, 6.07) is 12.4. The molecule has 0 atom stereocenters. The first kappa shape index (κ1) is 20.2. The Kier molecular flexibility index (Phi) is 6.90. The van der Waals surface area contributed by atoms with E-state index in [4.69, 9.17) is 26.5 Å². The first-order valence-electron chi connectivity index (χ1n) is 9.24. The average molecular weight is 402 g/mol. The van der Waals surface area contributed by atoms with Crippen LogP contribution in [0.15, 0.2) is 42.5 Å². The van der Waals surface area contributed by atoms with Crippen molar-refractivity contribution in [2.24, 2.45) is 0 Å². The summed E-state index contributed by atoms with van der Waals surface area (Å²) in [6.45, 7) is 1.77. The van der Waals surface area contributed by atoms with Gasteiger partial charge in [-0.05, 0) is 61.8 Å². The Hall–Kier alpha value is -2.57. The number of nitrogens with one attached hydrogen (secondary N) is 3. The summed E-state index contributed by atoms with van der Waals surface area (Å²) < 4.78 is 11.2. The number of ether oxygens (including phenoxy) is 2. The molecule has 1 amide bonds. The lowest BCUT2D eigenvalue weighted by Gasteiger charge is -2.25. The number of halogens is 1. The van der Waals surface area contributed by atoms with E-state index in [9.17, 15) is 4.79 Å². The van der Waals surface area contributed by atoms with Crippen LogP contribution in [0.1, 0.15) is 28.8 Å². The molecule has 0 radical (unpaired) electrons. The lowest BCUT2D eigenvalue weighted by Crippen LogP contribution is -2.35. The maximum Gasteiger partial charge on any atom is 0.260 e. The molecule has 0 aliphatic carbocycles. The summed E-state index contributed by atoms with van der Waals surface area (Å²) in [5.41, 5.74) is 1.25. The van der Waals surface area contributed by atoms with Crippen LogP contribution in [0.5, 0.6) is 11.5 Å². The van der Waals surface area contributed by atoms with Gasteiger partial charge in [0.25, 0.3) is 5.91 Å². The lowest BCUT2D eigenvalue weighted by atomic mass is 10.1. The van der Waals surface area contributed by atoms with E-state index < -0.39 is 0 Å². The zero-order valence-electron chi connectivity index (χ0n) is 15.8. The van der Waals surface area contributed by atoms with E-state index in [1.54, 1.807) is 25.3 Å². The highest BCUT2D eigenvalue weighted by Gasteiger charge is 2.20. The molecule has 0 aromatic heterocycles. The SMILES string of the molecule is COc1cccc(CC(=N)NC(=O)c2ccc(Cl)cc2OC2CCNCC2)c1. The fraction of sp³-hybridized carbons (Fsp3) is 0.333. The van der Waals surface area contributed by atoms with Gasteiger partial charge in [0.05, 0.1) is 12.7 Å². The van der Waals surface area contributed by atoms with Crippen LogP contribution < -0.4 is 20.1 Å². The molecule has 1 heterocycles. The van der Waals surface area contributed by atoms with Gasteiger partial charge in [-0.2, -0.15) is 0 Å². The number of carbonyl (C=O) groups is 1. The molecule has 7 heteroatoms. The van der Waals surface area contributed by atoms with Crippen molar-refractivity contribution in [2.45, 2.75) is 25.4 Å². The highest BCUT2D eigenvalue weighted by atomic mass is 35.5. The number of rotatable bonds is 6. The average Bonchev–Trinajstić information content (AvgIpc) is 2.69. The molecule has 0 unspecified atom stereocenters. The smallest absolute Gasteiger partial charge is 0.260 e. The standard InChI is InChI=1S/C21H24ClN3O3/c1-27-17-4-2-3-14(11-17)12-20(23)25-21(26)18-6-5-15(22)13-19(18)28-16-7-9-24-10-8-16/h2-6,11,13,16,24H,7-10,12H2,1H3,(H2,23,25,26). The van der Waals surface area contributed by atoms with Gasteiger partial charge in [-0.1, -0.05) is 23.7 Å². The molecule has 3 N–H and O–H groups in total. The van der Waals surface area contributed by atoms with E-state index in [1.165, 1.54) is 0 Å². The molecule has 1 aliphatic heterocycles. The highest BCUT2D eigenvalue weighted by Crippen LogP contribution is 2.26. The molecule has 28 heavy (non-hydrogen) atoms. The van der Waals surface area contributed by atoms with Gasteiger partial charge < -0.3 is 20.1 Å².